The Hall–Kier alpha value is -2.55. The summed E-state index contributed by atoms with van der Waals surface area (Å²) in [4.78, 5) is 2.66. The van der Waals surface area contributed by atoms with Gasteiger partial charge in [0.1, 0.15) is 0 Å². The maximum atomic E-state index is 7.99. The van der Waals surface area contributed by atoms with Gasteiger partial charge in [0.2, 0.25) is 0 Å². The molecule has 0 bridgehead atoms. The van der Waals surface area contributed by atoms with Crippen LogP contribution in [0.2, 0.25) is 0 Å². The minimum atomic E-state index is 0.105. The van der Waals surface area contributed by atoms with Crippen LogP contribution >= 0.6 is 0 Å². The molecule has 0 aliphatic carbocycles. The highest BCUT2D eigenvalue weighted by atomic mass is 15.1. The summed E-state index contributed by atoms with van der Waals surface area (Å²) < 4.78 is 0. The maximum Gasteiger partial charge on any atom is 0.0510 e. The first-order chi connectivity index (χ1) is 10.3. The van der Waals surface area contributed by atoms with E-state index in [0.717, 1.165) is 12.0 Å². The second kappa shape index (κ2) is 10.3. The first-order valence-electron chi connectivity index (χ1n) is 6.74. The Labute approximate surface area is 125 Å². The van der Waals surface area contributed by atoms with Crippen LogP contribution in [-0.2, 0) is 6.54 Å². The Morgan fingerprint density at radius 3 is 2.19 bits per heavy atom. The number of hydrogen-bond acceptors (Lipinski definition) is 2. The number of rotatable bonds is 5. The molecule has 108 valence electrons. The first kappa shape index (κ1) is 16.5. The molecule has 0 saturated carbocycles. The number of nitrogens with two attached hydrogens (primary N) is 1. The highest BCUT2D eigenvalue weighted by Gasteiger charge is 2.00. The van der Waals surface area contributed by atoms with Gasteiger partial charge in [0, 0.05) is 11.0 Å². The first-order valence-corrected chi connectivity index (χ1v) is 6.74. The molecule has 1 atom stereocenters. The quantitative estimate of drug-likeness (QED) is 0.364. The molecule has 0 saturated heterocycles. The Morgan fingerprint density at radius 1 is 1.10 bits per heavy atom. The van der Waals surface area contributed by atoms with E-state index in [9.17, 15) is 0 Å². The third-order valence-corrected chi connectivity index (χ3v) is 2.81. The largest absolute Gasteiger partial charge is 0.324 e. The van der Waals surface area contributed by atoms with Gasteiger partial charge in [-0.1, -0.05) is 71.9 Å². The van der Waals surface area contributed by atoms with Gasteiger partial charge < -0.3 is 5.73 Å². The lowest BCUT2D eigenvalue weighted by atomic mass is 10.1. The smallest absolute Gasteiger partial charge is 0.0510 e. The van der Waals surface area contributed by atoms with Crippen LogP contribution in [0.25, 0.3) is 10.4 Å². The fourth-order valence-electron chi connectivity index (χ4n) is 1.71. The fourth-order valence-corrected chi connectivity index (χ4v) is 1.71. The Kier molecular flexibility index (Phi) is 8.07. The predicted octanol–water partition coefficient (Wildman–Crippen LogP) is 4.76. The van der Waals surface area contributed by atoms with Gasteiger partial charge in [-0.3, -0.25) is 0 Å². The molecule has 4 nitrogen and oxygen atoms in total. The van der Waals surface area contributed by atoms with Crippen LogP contribution < -0.4 is 5.73 Å². The normalized spacial score (nSPS) is 10.5. The van der Waals surface area contributed by atoms with Crippen LogP contribution in [0.3, 0.4) is 0 Å². The van der Waals surface area contributed by atoms with Gasteiger partial charge >= 0.3 is 0 Å². The van der Waals surface area contributed by atoms with Crippen molar-refractivity contribution in [1.29, 1.82) is 0 Å². The molecule has 0 aliphatic rings. The molecular formula is C17H20N4. The number of hydrogen-bond donors (Lipinski definition) is 1. The van der Waals surface area contributed by atoms with Crippen molar-refractivity contribution in [1.82, 2.24) is 0 Å². The summed E-state index contributed by atoms with van der Waals surface area (Å²) >= 11 is 0. The van der Waals surface area contributed by atoms with E-state index in [-0.39, 0.29) is 6.04 Å². The van der Waals surface area contributed by atoms with Crippen molar-refractivity contribution in [2.45, 2.75) is 19.0 Å². The van der Waals surface area contributed by atoms with E-state index in [0.29, 0.717) is 6.54 Å². The average Bonchev–Trinajstić information content (AvgIpc) is 2.55. The molecule has 21 heavy (non-hydrogen) atoms. The lowest BCUT2D eigenvalue weighted by Crippen LogP contribution is -2.08. The molecule has 0 unspecified atom stereocenters. The van der Waals surface area contributed by atoms with Gasteiger partial charge in [-0.25, -0.2) is 0 Å². The maximum absolute atomic E-state index is 7.99. The van der Waals surface area contributed by atoms with Crippen molar-refractivity contribution in [2.24, 2.45) is 10.8 Å². The Morgan fingerprint density at radius 2 is 1.67 bits per heavy atom. The monoisotopic (exact) mass is 280 g/mol. The third kappa shape index (κ3) is 6.97. The summed E-state index contributed by atoms with van der Waals surface area (Å²) in [6.45, 7) is 4.09. The second-order valence-corrected chi connectivity index (χ2v) is 4.42. The molecule has 0 aromatic heterocycles. The highest BCUT2D eigenvalue weighted by molar-refractivity contribution is 5.18. The number of benzene rings is 2. The Bertz CT molecular complexity index is 560. The summed E-state index contributed by atoms with van der Waals surface area (Å²) in [6, 6.07) is 19.8. The molecule has 0 fully saturated rings. The minimum absolute atomic E-state index is 0.105. The van der Waals surface area contributed by atoms with Gasteiger partial charge in [-0.2, -0.15) is 0 Å². The van der Waals surface area contributed by atoms with E-state index >= 15 is 0 Å². The van der Waals surface area contributed by atoms with Crippen molar-refractivity contribution in [3.05, 3.63) is 94.9 Å². The predicted molar refractivity (Wildman–Crippen MR) is 87.5 cm³/mol. The number of azide groups is 1. The molecule has 2 rings (SSSR count). The molecule has 0 radical (unpaired) electrons. The molecule has 2 aromatic carbocycles. The molecular weight excluding hydrogens is 260 g/mol. The molecule has 0 spiro atoms. The van der Waals surface area contributed by atoms with Gasteiger partial charge in [-0.15, -0.1) is 6.58 Å². The van der Waals surface area contributed by atoms with E-state index in [2.05, 4.69) is 16.6 Å². The van der Waals surface area contributed by atoms with Crippen LogP contribution in [0.4, 0.5) is 0 Å². The second-order valence-electron chi connectivity index (χ2n) is 4.42. The van der Waals surface area contributed by atoms with Crippen molar-refractivity contribution in [3.8, 4) is 0 Å². The molecule has 2 aromatic rings. The summed E-state index contributed by atoms with van der Waals surface area (Å²) in [5.41, 5.74) is 16.0. The minimum Gasteiger partial charge on any atom is -0.324 e. The lowest BCUT2D eigenvalue weighted by Gasteiger charge is -2.07. The summed E-state index contributed by atoms with van der Waals surface area (Å²) in [5.74, 6) is 0. The van der Waals surface area contributed by atoms with Crippen LogP contribution in [0.15, 0.2) is 78.4 Å². The zero-order chi connectivity index (χ0) is 15.3. The van der Waals surface area contributed by atoms with Crippen LogP contribution in [0.5, 0.6) is 0 Å². The van der Waals surface area contributed by atoms with E-state index in [1.807, 2.05) is 66.7 Å². The molecule has 0 aliphatic heterocycles. The van der Waals surface area contributed by atoms with Gasteiger partial charge in [0.05, 0.1) is 6.54 Å². The lowest BCUT2D eigenvalue weighted by molar-refractivity contribution is 0.742. The van der Waals surface area contributed by atoms with E-state index < -0.39 is 0 Å². The zero-order valence-corrected chi connectivity index (χ0v) is 12.0. The average molecular weight is 280 g/mol. The Balaban J connectivity index is 0.000000211. The highest BCUT2D eigenvalue weighted by Crippen LogP contribution is 2.12. The topological polar surface area (TPSA) is 74.8 Å². The summed E-state index contributed by atoms with van der Waals surface area (Å²) in [6.07, 6.45) is 2.68. The third-order valence-electron chi connectivity index (χ3n) is 2.81. The van der Waals surface area contributed by atoms with Crippen LogP contribution in [0.1, 0.15) is 23.6 Å². The van der Waals surface area contributed by atoms with Crippen molar-refractivity contribution < 1.29 is 0 Å². The van der Waals surface area contributed by atoms with E-state index in [1.165, 1.54) is 5.56 Å². The van der Waals surface area contributed by atoms with Crippen molar-refractivity contribution in [2.75, 3.05) is 0 Å². The fraction of sp³-hybridized carbons (Fsp3) is 0.176. The SMILES string of the molecule is C=CC[C@H](N)c1ccccc1.[N-]=[N+]=NCc1ccccc1. The summed E-state index contributed by atoms with van der Waals surface area (Å²) in [7, 11) is 0. The van der Waals surface area contributed by atoms with Crippen molar-refractivity contribution >= 4 is 0 Å². The van der Waals surface area contributed by atoms with E-state index in [4.69, 9.17) is 11.3 Å². The van der Waals surface area contributed by atoms with E-state index in [1.54, 1.807) is 0 Å². The standard InChI is InChI=1S/C10H13N.C7H7N3/c1-2-6-10(11)9-7-4-3-5-8-9;8-10-9-6-7-4-2-1-3-5-7/h2-5,7-8,10H,1,6,11H2;1-5H,6H2/t10-;/m0./s1. The van der Waals surface area contributed by atoms with Gasteiger partial charge in [0.15, 0.2) is 0 Å². The molecule has 0 amide bonds. The van der Waals surface area contributed by atoms with Gasteiger partial charge in [0.25, 0.3) is 0 Å². The van der Waals surface area contributed by atoms with Crippen LogP contribution in [-0.4, -0.2) is 0 Å². The number of nitrogens with zero attached hydrogens (tertiary/aromatic N) is 3. The zero-order valence-electron chi connectivity index (χ0n) is 12.0. The molecule has 4 heteroatoms. The van der Waals surface area contributed by atoms with Crippen LogP contribution in [0, 0.1) is 0 Å². The summed E-state index contributed by atoms with van der Waals surface area (Å²) in [5, 5.41) is 3.42. The molecule has 2 N–H and O–H groups in total. The molecule has 0 heterocycles. The van der Waals surface area contributed by atoms with Crippen molar-refractivity contribution in [3.63, 3.8) is 0 Å². The van der Waals surface area contributed by atoms with Gasteiger partial charge in [-0.05, 0) is 23.1 Å².